The highest BCUT2D eigenvalue weighted by Crippen LogP contribution is 2.16. The van der Waals surface area contributed by atoms with E-state index in [1.165, 1.54) is 6.92 Å². The summed E-state index contributed by atoms with van der Waals surface area (Å²) in [4.78, 5) is 15.7. The Hall–Kier alpha value is -3.10. The van der Waals surface area contributed by atoms with Crippen molar-refractivity contribution in [3.05, 3.63) is 36.4 Å². The summed E-state index contributed by atoms with van der Waals surface area (Å²) in [5.41, 5.74) is 0.716. The lowest BCUT2D eigenvalue weighted by Crippen LogP contribution is -2.39. The van der Waals surface area contributed by atoms with Crippen molar-refractivity contribution >= 4 is 17.6 Å². The Balaban J connectivity index is 1.77. The van der Waals surface area contributed by atoms with Crippen molar-refractivity contribution in [1.29, 1.82) is 0 Å². The van der Waals surface area contributed by atoms with Gasteiger partial charge in [-0.05, 0) is 19.1 Å². The van der Waals surface area contributed by atoms with Crippen molar-refractivity contribution in [3.63, 3.8) is 0 Å². The van der Waals surface area contributed by atoms with Gasteiger partial charge in [0, 0.05) is 38.2 Å². The third kappa shape index (κ3) is 7.26. The molecule has 2 rings (SSSR count). The number of amides is 1. The summed E-state index contributed by atoms with van der Waals surface area (Å²) in [6.07, 6.45) is 2.58. The Morgan fingerprint density at radius 3 is 2.89 bits per heavy atom. The summed E-state index contributed by atoms with van der Waals surface area (Å²) in [5, 5.41) is 17.2. The van der Waals surface area contributed by atoms with Gasteiger partial charge in [0.15, 0.2) is 5.96 Å². The molecule has 28 heavy (non-hydrogen) atoms. The molecule has 1 amide bonds. The van der Waals surface area contributed by atoms with Crippen molar-refractivity contribution in [2.24, 2.45) is 4.99 Å². The maximum Gasteiger partial charge on any atom is 0.221 e. The number of carbonyl (C=O) groups excluding carboxylic acids is 1. The number of hydrogen-bond donors (Lipinski definition) is 3. The van der Waals surface area contributed by atoms with Crippen LogP contribution in [0.1, 0.15) is 26.6 Å². The van der Waals surface area contributed by atoms with Crippen molar-refractivity contribution in [2.45, 2.75) is 33.7 Å². The summed E-state index contributed by atoms with van der Waals surface area (Å²) < 4.78 is 7.75. The number of nitrogens with zero attached hydrogens (tertiary/aromatic N) is 4. The van der Waals surface area contributed by atoms with Gasteiger partial charge in [-0.3, -0.25) is 9.79 Å². The second-order valence-electron chi connectivity index (χ2n) is 6.04. The van der Waals surface area contributed by atoms with Gasteiger partial charge in [0.1, 0.15) is 24.5 Å². The topological polar surface area (TPSA) is 105 Å². The van der Waals surface area contributed by atoms with Crippen LogP contribution in [0.25, 0.3) is 0 Å². The second-order valence-corrected chi connectivity index (χ2v) is 6.04. The minimum absolute atomic E-state index is 0.108. The van der Waals surface area contributed by atoms with Gasteiger partial charge < -0.3 is 25.3 Å². The lowest BCUT2D eigenvalue weighted by Gasteiger charge is -2.13. The van der Waals surface area contributed by atoms with Gasteiger partial charge in [-0.1, -0.05) is 13.0 Å². The Bertz CT molecular complexity index is 773. The lowest BCUT2D eigenvalue weighted by molar-refractivity contribution is -0.114. The third-order valence-corrected chi connectivity index (χ3v) is 3.78. The average Bonchev–Trinajstić information content (AvgIpc) is 3.12. The normalized spacial score (nSPS) is 11.2. The van der Waals surface area contributed by atoms with E-state index in [9.17, 15) is 4.79 Å². The number of nitrogens with one attached hydrogen (secondary N) is 3. The summed E-state index contributed by atoms with van der Waals surface area (Å²) >= 11 is 0. The standard InChI is InChI=1S/C19H29N7O2/c1-4-18-25-23-14-26(18)11-9-21-19(20-5-2)22-10-12-28-17-8-6-7-16(13-17)24-15(3)27/h6-8,13-14H,4-5,9-12H2,1-3H3,(H,24,27)(H2,20,21,22). The molecule has 0 radical (unpaired) electrons. The van der Waals surface area contributed by atoms with Gasteiger partial charge in [0.2, 0.25) is 5.91 Å². The van der Waals surface area contributed by atoms with Crippen LogP contribution < -0.4 is 20.7 Å². The van der Waals surface area contributed by atoms with E-state index in [0.717, 1.165) is 31.3 Å². The predicted octanol–water partition coefficient (Wildman–Crippen LogP) is 1.43. The molecule has 0 fully saturated rings. The Morgan fingerprint density at radius 2 is 2.14 bits per heavy atom. The van der Waals surface area contributed by atoms with Crippen LogP contribution in [0.3, 0.4) is 0 Å². The van der Waals surface area contributed by atoms with E-state index in [-0.39, 0.29) is 5.91 Å². The first-order valence-corrected chi connectivity index (χ1v) is 9.51. The van der Waals surface area contributed by atoms with Crippen LogP contribution in [-0.2, 0) is 17.8 Å². The monoisotopic (exact) mass is 387 g/mol. The van der Waals surface area contributed by atoms with Crippen molar-refractivity contribution in [3.8, 4) is 5.75 Å². The average molecular weight is 387 g/mol. The van der Waals surface area contributed by atoms with E-state index in [4.69, 9.17) is 4.74 Å². The van der Waals surface area contributed by atoms with Crippen LogP contribution >= 0.6 is 0 Å². The van der Waals surface area contributed by atoms with Crippen LogP contribution in [0.5, 0.6) is 5.75 Å². The zero-order valence-corrected chi connectivity index (χ0v) is 16.7. The molecule has 1 aromatic carbocycles. The first-order valence-electron chi connectivity index (χ1n) is 9.51. The first kappa shape index (κ1) is 21.2. The fourth-order valence-corrected chi connectivity index (χ4v) is 2.56. The number of benzene rings is 1. The van der Waals surface area contributed by atoms with Crippen LogP contribution in [-0.4, -0.2) is 52.9 Å². The van der Waals surface area contributed by atoms with E-state index < -0.39 is 0 Å². The third-order valence-electron chi connectivity index (χ3n) is 3.78. The van der Waals surface area contributed by atoms with E-state index in [1.807, 2.05) is 29.7 Å². The molecule has 0 spiro atoms. The number of guanidine groups is 1. The number of carbonyl (C=O) groups is 1. The Labute approximate surface area is 165 Å². The van der Waals surface area contributed by atoms with Crippen LogP contribution in [0.15, 0.2) is 35.6 Å². The molecule has 0 aliphatic rings. The predicted molar refractivity (Wildman–Crippen MR) is 110 cm³/mol. The molecule has 1 heterocycles. The maximum atomic E-state index is 11.1. The van der Waals surface area contributed by atoms with Gasteiger partial charge in [-0.15, -0.1) is 10.2 Å². The number of aryl methyl sites for hydroxylation is 1. The number of aromatic nitrogens is 3. The Morgan fingerprint density at radius 1 is 1.29 bits per heavy atom. The smallest absolute Gasteiger partial charge is 0.221 e. The molecular formula is C19H29N7O2. The molecular weight excluding hydrogens is 358 g/mol. The second kappa shape index (κ2) is 11.6. The highest BCUT2D eigenvalue weighted by molar-refractivity contribution is 5.88. The molecule has 2 aromatic rings. The van der Waals surface area contributed by atoms with Gasteiger partial charge >= 0.3 is 0 Å². The summed E-state index contributed by atoms with van der Waals surface area (Å²) in [5.74, 6) is 2.30. The van der Waals surface area contributed by atoms with Gasteiger partial charge in [0.05, 0.1) is 13.1 Å². The van der Waals surface area contributed by atoms with E-state index in [2.05, 4.69) is 38.1 Å². The Kier molecular flexibility index (Phi) is 8.77. The molecule has 0 aliphatic carbocycles. The number of anilines is 1. The summed E-state index contributed by atoms with van der Waals surface area (Å²) in [7, 11) is 0. The van der Waals surface area contributed by atoms with Crippen molar-refractivity contribution in [1.82, 2.24) is 25.4 Å². The molecule has 9 heteroatoms. The van der Waals surface area contributed by atoms with Gasteiger partial charge in [-0.2, -0.15) is 0 Å². The molecule has 3 N–H and O–H groups in total. The largest absolute Gasteiger partial charge is 0.492 e. The van der Waals surface area contributed by atoms with E-state index in [0.29, 0.717) is 31.1 Å². The SMILES string of the molecule is CCNC(=NCCn1cnnc1CC)NCCOc1cccc(NC(C)=O)c1. The van der Waals surface area contributed by atoms with Crippen molar-refractivity contribution in [2.75, 3.05) is 31.6 Å². The molecule has 0 bridgehead atoms. The van der Waals surface area contributed by atoms with Crippen LogP contribution in [0.2, 0.25) is 0 Å². The minimum atomic E-state index is -0.108. The number of ether oxygens (including phenoxy) is 1. The molecule has 152 valence electrons. The maximum absolute atomic E-state index is 11.1. The number of rotatable bonds is 10. The van der Waals surface area contributed by atoms with Crippen LogP contribution in [0, 0.1) is 0 Å². The molecule has 1 aromatic heterocycles. The highest BCUT2D eigenvalue weighted by atomic mass is 16.5. The fourth-order valence-electron chi connectivity index (χ4n) is 2.56. The van der Waals surface area contributed by atoms with Crippen molar-refractivity contribution < 1.29 is 9.53 Å². The molecule has 9 nitrogen and oxygen atoms in total. The zero-order valence-electron chi connectivity index (χ0n) is 16.7. The quantitative estimate of drug-likeness (QED) is 0.324. The summed E-state index contributed by atoms with van der Waals surface area (Å²) in [6.45, 7) is 8.77. The number of aliphatic imine (C=N–C) groups is 1. The van der Waals surface area contributed by atoms with E-state index >= 15 is 0 Å². The lowest BCUT2D eigenvalue weighted by atomic mass is 10.3. The molecule has 0 saturated carbocycles. The summed E-state index contributed by atoms with van der Waals surface area (Å²) in [6, 6.07) is 7.32. The fraction of sp³-hybridized carbons (Fsp3) is 0.474. The molecule has 0 saturated heterocycles. The molecule has 0 unspecified atom stereocenters. The van der Waals surface area contributed by atoms with Crippen LogP contribution in [0.4, 0.5) is 5.69 Å². The van der Waals surface area contributed by atoms with Gasteiger partial charge in [-0.25, -0.2) is 0 Å². The first-order chi connectivity index (χ1) is 13.6. The molecule has 0 atom stereocenters. The van der Waals surface area contributed by atoms with Gasteiger partial charge in [0.25, 0.3) is 0 Å². The van der Waals surface area contributed by atoms with E-state index in [1.54, 1.807) is 12.4 Å². The highest BCUT2D eigenvalue weighted by Gasteiger charge is 2.02. The zero-order chi connectivity index (χ0) is 20.2. The minimum Gasteiger partial charge on any atom is -0.492 e. The molecule has 0 aliphatic heterocycles. The number of hydrogen-bond acceptors (Lipinski definition) is 5.